The maximum Gasteiger partial charge on any atom is 0.181 e. The fourth-order valence-electron chi connectivity index (χ4n) is 3.77. The quantitative estimate of drug-likeness (QED) is 0.747. The van der Waals surface area contributed by atoms with E-state index in [9.17, 15) is 0 Å². The lowest BCUT2D eigenvalue weighted by Gasteiger charge is -2.42. The second-order valence-corrected chi connectivity index (χ2v) is 7.47. The minimum Gasteiger partial charge on any atom is -0.248 e. The first-order valence-corrected chi connectivity index (χ1v) is 9.88. The lowest BCUT2D eigenvalue weighted by atomic mass is 10.0. The van der Waals surface area contributed by atoms with Crippen molar-refractivity contribution in [2.24, 2.45) is 15.2 Å². The molecular weight excluding hydrogens is 398 g/mol. The number of aliphatic imine (C=N–C) groups is 1. The van der Waals surface area contributed by atoms with Gasteiger partial charge in [-0.1, -0.05) is 48.0 Å². The zero-order chi connectivity index (χ0) is 20.2. The van der Waals surface area contributed by atoms with Crippen molar-refractivity contribution in [2.75, 3.05) is 12.2 Å². The highest BCUT2D eigenvalue weighted by Crippen LogP contribution is 2.38. The van der Waals surface area contributed by atoms with Gasteiger partial charge in [-0.25, -0.2) is 15.0 Å². The van der Waals surface area contributed by atoms with E-state index in [0.717, 1.165) is 40.0 Å². The van der Waals surface area contributed by atoms with Gasteiger partial charge < -0.3 is 0 Å². The molecule has 2 aromatic carbocycles. The third-order valence-corrected chi connectivity index (χ3v) is 5.39. The number of allylic oxidation sites excluding steroid dienone is 3. The molecule has 146 valence electrons. The first-order chi connectivity index (χ1) is 14.7. The fourth-order valence-corrected chi connectivity index (χ4v) is 3.89. The molecule has 4 aliphatic rings. The number of nitrogens with zero attached hydrogens (tertiary/aromatic N) is 7. The highest BCUT2D eigenvalue weighted by Gasteiger charge is 2.45. The summed E-state index contributed by atoms with van der Waals surface area (Å²) in [4.78, 5) is 4.85. The zero-order valence-corrected chi connectivity index (χ0v) is 16.8. The van der Waals surface area contributed by atoms with Gasteiger partial charge in [-0.15, -0.1) is 5.10 Å². The summed E-state index contributed by atoms with van der Waals surface area (Å²) in [5, 5.41) is 18.1. The first kappa shape index (κ1) is 17.1. The number of anilines is 1. The van der Waals surface area contributed by atoms with Crippen molar-refractivity contribution >= 4 is 34.5 Å². The molecule has 0 radical (unpaired) electrons. The molecule has 0 aromatic heterocycles. The topological polar surface area (TPSA) is 50.0 Å². The lowest BCUT2D eigenvalue weighted by Crippen LogP contribution is -2.52. The second kappa shape index (κ2) is 6.33. The summed E-state index contributed by atoms with van der Waals surface area (Å²) >= 11 is 6.13. The molecule has 4 aliphatic heterocycles. The Hall–Kier alpha value is -3.84. The summed E-state index contributed by atoms with van der Waals surface area (Å²) in [7, 11) is 1.91. The molecule has 30 heavy (non-hydrogen) atoms. The molecule has 0 aliphatic carbocycles. The van der Waals surface area contributed by atoms with Crippen molar-refractivity contribution in [3.8, 4) is 0 Å². The third kappa shape index (κ3) is 2.42. The highest BCUT2D eigenvalue weighted by atomic mass is 35.5. The van der Waals surface area contributed by atoms with Gasteiger partial charge >= 0.3 is 0 Å². The first-order valence-electron chi connectivity index (χ1n) is 9.50. The number of fused-ring (bicyclic) bond motifs is 2. The van der Waals surface area contributed by atoms with Crippen LogP contribution < -0.4 is 5.12 Å². The van der Waals surface area contributed by atoms with Crippen molar-refractivity contribution in [3.05, 3.63) is 101 Å². The smallest absolute Gasteiger partial charge is 0.181 e. The number of amidine groups is 1. The Morgan fingerprint density at radius 3 is 2.47 bits per heavy atom. The van der Waals surface area contributed by atoms with Crippen LogP contribution in [0.25, 0.3) is 0 Å². The monoisotopic (exact) mass is 413 g/mol. The maximum atomic E-state index is 6.13. The molecule has 8 heteroatoms. The van der Waals surface area contributed by atoms with Crippen LogP contribution in [-0.2, 0) is 0 Å². The number of hydrogen-bond acceptors (Lipinski definition) is 7. The SMILES string of the molecule is CN1N=C(c2ccccc2)C2=NN(c3ccc(Cl)cc3)N3C2=C1N=C1C=CC=CN13. The van der Waals surface area contributed by atoms with Gasteiger partial charge in [0, 0.05) is 23.8 Å². The van der Waals surface area contributed by atoms with Crippen LogP contribution in [0, 0.1) is 0 Å². The molecule has 0 amide bonds. The molecule has 0 spiro atoms. The Kier molecular flexibility index (Phi) is 3.60. The summed E-state index contributed by atoms with van der Waals surface area (Å²) in [5.41, 5.74) is 4.33. The van der Waals surface area contributed by atoms with E-state index in [1.165, 1.54) is 0 Å². The fraction of sp³-hybridized carbons (Fsp3) is 0.0455. The van der Waals surface area contributed by atoms with Crippen LogP contribution in [0.1, 0.15) is 5.56 Å². The van der Waals surface area contributed by atoms with Crippen molar-refractivity contribution in [3.63, 3.8) is 0 Å². The highest BCUT2D eigenvalue weighted by molar-refractivity contribution is 6.54. The molecule has 0 saturated heterocycles. The number of benzene rings is 2. The van der Waals surface area contributed by atoms with Gasteiger partial charge in [0.05, 0.1) is 5.69 Å². The van der Waals surface area contributed by atoms with Crippen LogP contribution in [0.15, 0.2) is 106 Å². The van der Waals surface area contributed by atoms with E-state index in [4.69, 9.17) is 26.8 Å². The van der Waals surface area contributed by atoms with Crippen LogP contribution in [0.2, 0.25) is 5.02 Å². The normalized spacial score (nSPS) is 18.9. The Balaban J connectivity index is 1.57. The average Bonchev–Trinajstić information content (AvgIpc) is 3.18. The molecule has 0 atom stereocenters. The summed E-state index contributed by atoms with van der Waals surface area (Å²) in [6, 6.07) is 17.7. The van der Waals surface area contributed by atoms with Crippen LogP contribution in [0.3, 0.4) is 0 Å². The Morgan fingerprint density at radius 1 is 0.867 bits per heavy atom. The summed E-state index contributed by atoms with van der Waals surface area (Å²) in [5.74, 6) is 1.54. The van der Waals surface area contributed by atoms with Gasteiger partial charge in [0.2, 0.25) is 0 Å². The number of hydrogen-bond donors (Lipinski definition) is 0. The predicted octanol–water partition coefficient (Wildman–Crippen LogP) is 3.96. The number of halogens is 1. The Morgan fingerprint density at radius 2 is 1.67 bits per heavy atom. The van der Waals surface area contributed by atoms with Crippen molar-refractivity contribution in [1.82, 2.24) is 15.1 Å². The molecule has 0 bridgehead atoms. The summed E-state index contributed by atoms with van der Waals surface area (Å²) < 4.78 is 0. The molecule has 0 N–H and O–H groups in total. The van der Waals surface area contributed by atoms with E-state index in [2.05, 4.69) is 0 Å². The maximum absolute atomic E-state index is 6.13. The van der Waals surface area contributed by atoms with E-state index in [1.54, 1.807) is 0 Å². The van der Waals surface area contributed by atoms with Crippen molar-refractivity contribution in [2.45, 2.75) is 0 Å². The minimum absolute atomic E-state index is 0.677. The van der Waals surface area contributed by atoms with Crippen LogP contribution >= 0.6 is 11.6 Å². The van der Waals surface area contributed by atoms with Crippen LogP contribution in [0.4, 0.5) is 5.69 Å². The molecule has 6 rings (SSSR count). The lowest BCUT2D eigenvalue weighted by molar-refractivity contribution is 0.129. The van der Waals surface area contributed by atoms with Crippen LogP contribution in [0.5, 0.6) is 0 Å². The number of hydrazone groups is 2. The second-order valence-electron chi connectivity index (χ2n) is 7.03. The molecule has 0 saturated carbocycles. The molecule has 4 heterocycles. The van der Waals surface area contributed by atoms with Crippen molar-refractivity contribution in [1.29, 1.82) is 0 Å². The number of hydrazine groups is 2. The average molecular weight is 414 g/mol. The van der Waals surface area contributed by atoms with Crippen LogP contribution in [-0.4, -0.2) is 39.4 Å². The zero-order valence-electron chi connectivity index (χ0n) is 16.0. The van der Waals surface area contributed by atoms with Gasteiger partial charge in [0.15, 0.2) is 17.4 Å². The van der Waals surface area contributed by atoms with E-state index < -0.39 is 0 Å². The van der Waals surface area contributed by atoms with Gasteiger partial charge in [0.25, 0.3) is 0 Å². The number of rotatable bonds is 2. The van der Waals surface area contributed by atoms with Gasteiger partial charge in [0.1, 0.15) is 11.4 Å². The molecule has 0 unspecified atom stereocenters. The Bertz CT molecular complexity index is 1220. The van der Waals surface area contributed by atoms with Gasteiger partial charge in [-0.05, 0) is 36.4 Å². The molecule has 2 aromatic rings. The van der Waals surface area contributed by atoms with E-state index in [1.807, 2.05) is 106 Å². The van der Waals surface area contributed by atoms with E-state index in [-0.39, 0.29) is 0 Å². The van der Waals surface area contributed by atoms with Gasteiger partial charge in [-0.2, -0.15) is 15.3 Å². The summed E-state index contributed by atoms with van der Waals surface area (Å²) in [6.45, 7) is 0. The standard InChI is InChI=1S/C22H16ClN7/c1-27-22-21-20(19(25-27)15-7-3-2-4-8-15)26-29(17-12-10-16(23)11-13-17)30(21)28-14-6-5-9-18(28)24-22/h2-14H,1H3. The molecular formula is C22H16ClN7. The molecule has 7 nitrogen and oxygen atoms in total. The summed E-state index contributed by atoms with van der Waals surface area (Å²) in [6.07, 6.45) is 7.87. The minimum atomic E-state index is 0.677. The third-order valence-electron chi connectivity index (χ3n) is 5.14. The molecule has 0 fully saturated rings. The van der Waals surface area contributed by atoms with Gasteiger partial charge in [-0.3, -0.25) is 0 Å². The predicted molar refractivity (Wildman–Crippen MR) is 119 cm³/mol. The van der Waals surface area contributed by atoms with Crippen molar-refractivity contribution < 1.29 is 0 Å². The van der Waals surface area contributed by atoms with E-state index >= 15 is 0 Å². The largest absolute Gasteiger partial charge is 0.248 e. The van der Waals surface area contributed by atoms with E-state index in [0.29, 0.717) is 5.02 Å². The Labute approximate surface area is 178 Å².